The van der Waals surface area contributed by atoms with E-state index in [1.54, 1.807) is 6.92 Å². The molecule has 1 fully saturated rings. The maximum absolute atomic E-state index is 11.5. The van der Waals surface area contributed by atoms with E-state index in [1.807, 2.05) is 11.8 Å². The van der Waals surface area contributed by atoms with Gasteiger partial charge in [0.05, 0.1) is 0 Å². The minimum atomic E-state index is -0.996. The maximum Gasteiger partial charge on any atom is 0.326 e. The topological polar surface area (TPSA) is 78.4 Å². The molecule has 2 amide bonds. The number of hydrogen-bond acceptors (Lipinski definition) is 3. The summed E-state index contributed by atoms with van der Waals surface area (Å²) in [5, 5.41) is 14.0. The molecule has 1 rings (SSSR count). The van der Waals surface area contributed by atoms with Gasteiger partial charge in [0.2, 0.25) is 0 Å². The molecule has 0 aliphatic carbocycles. The van der Waals surface area contributed by atoms with Gasteiger partial charge in [-0.25, -0.2) is 9.59 Å². The van der Waals surface area contributed by atoms with E-state index >= 15 is 0 Å². The predicted molar refractivity (Wildman–Crippen MR) is 68.3 cm³/mol. The molecule has 17 heavy (non-hydrogen) atoms. The summed E-state index contributed by atoms with van der Waals surface area (Å²) in [4.78, 5) is 22.3. The molecular formula is C11H20N2O3S. The van der Waals surface area contributed by atoms with Crippen molar-refractivity contribution in [2.45, 2.75) is 43.9 Å². The molecule has 1 heterocycles. The highest BCUT2D eigenvalue weighted by molar-refractivity contribution is 8.00. The summed E-state index contributed by atoms with van der Waals surface area (Å²) in [7, 11) is 0. The normalized spacial score (nSPS) is 25.3. The van der Waals surface area contributed by atoms with Crippen LogP contribution in [0.3, 0.4) is 0 Å². The van der Waals surface area contributed by atoms with E-state index in [0.717, 1.165) is 12.2 Å². The minimum Gasteiger partial charge on any atom is -0.480 e. The van der Waals surface area contributed by atoms with E-state index in [4.69, 9.17) is 5.11 Å². The lowest BCUT2D eigenvalue weighted by Gasteiger charge is -2.23. The molecule has 0 bridgehead atoms. The Balaban J connectivity index is 2.31. The number of amides is 2. The van der Waals surface area contributed by atoms with Gasteiger partial charge in [-0.1, -0.05) is 6.92 Å². The Morgan fingerprint density at radius 1 is 1.53 bits per heavy atom. The van der Waals surface area contributed by atoms with Gasteiger partial charge in [-0.3, -0.25) is 0 Å². The standard InChI is InChI=1S/C11H20N2O3S/c1-3-8(9(14)15)13-10(16)12-7-11(2)5-4-6-17-11/h8H,3-7H2,1-2H3,(H,14,15)(H2,12,13,16). The summed E-state index contributed by atoms with van der Waals surface area (Å²) >= 11 is 1.86. The molecule has 5 nitrogen and oxygen atoms in total. The van der Waals surface area contributed by atoms with Crippen LogP contribution in [0.25, 0.3) is 0 Å². The second-order valence-electron chi connectivity index (χ2n) is 4.53. The fourth-order valence-electron chi connectivity index (χ4n) is 1.79. The number of nitrogens with one attached hydrogen (secondary N) is 2. The minimum absolute atomic E-state index is 0.0995. The van der Waals surface area contributed by atoms with Crippen molar-refractivity contribution in [3.8, 4) is 0 Å². The molecule has 2 unspecified atom stereocenters. The third-order valence-corrected chi connectivity index (χ3v) is 4.47. The number of carboxylic acids is 1. The SMILES string of the molecule is CCC(NC(=O)NCC1(C)CCCS1)C(=O)O. The molecule has 3 N–H and O–H groups in total. The lowest BCUT2D eigenvalue weighted by atomic mass is 10.1. The van der Waals surface area contributed by atoms with Crippen LogP contribution in [-0.2, 0) is 4.79 Å². The van der Waals surface area contributed by atoms with Gasteiger partial charge in [-0.05, 0) is 31.9 Å². The average Bonchev–Trinajstić information content (AvgIpc) is 2.70. The first-order valence-electron chi connectivity index (χ1n) is 5.88. The Morgan fingerprint density at radius 2 is 2.24 bits per heavy atom. The van der Waals surface area contributed by atoms with Gasteiger partial charge in [0.25, 0.3) is 0 Å². The number of urea groups is 1. The Hall–Kier alpha value is -0.910. The fraction of sp³-hybridized carbons (Fsp3) is 0.818. The number of carbonyl (C=O) groups excluding carboxylic acids is 1. The largest absolute Gasteiger partial charge is 0.480 e. The van der Waals surface area contributed by atoms with Crippen molar-refractivity contribution in [2.24, 2.45) is 0 Å². The number of carbonyl (C=O) groups is 2. The highest BCUT2D eigenvalue weighted by Crippen LogP contribution is 2.36. The number of rotatable bonds is 5. The second-order valence-corrected chi connectivity index (χ2v) is 6.21. The quantitative estimate of drug-likeness (QED) is 0.699. The van der Waals surface area contributed by atoms with Gasteiger partial charge in [-0.2, -0.15) is 11.8 Å². The first kappa shape index (κ1) is 14.2. The van der Waals surface area contributed by atoms with Crippen molar-refractivity contribution in [1.82, 2.24) is 10.6 Å². The molecule has 0 aromatic heterocycles. The molecule has 6 heteroatoms. The Kier molecular flexibility index (Phi) is 5.11. The van der Waals surface area contributed by atoms with E-state index in [2.05, 4.69) is 17.6 Å². The molecular weight excluding hydrogens is 240 g/mol. The van der Waals surface area contributed by atoms with E-state index in [1.165, 1.54) is 6.42 Å². The van der Waals surface area contributed by atoms with Crippen molar-refractivity contribution in [2.75, 3.05) is 12.3 Å². The average molecular weight is 260 g/mol. The third-order valence-electron chi connectivity index (χ3n) is 2.94. The first-order chi connectivity index (χ1) is 7.97. The number of thioether (sulfide) groups is 1. The summed E-state index contributed by atoms with van der Waals surface area (Å²) < 4.78 is 0.0995. The van der Waals surface area contributed by atoms with Crippen LogP contribution in [0.15, 0.2) is 0 Å². The molecule has 2 atom stereocenters. The highest BCUT2D eigenvalue weighted by Gasteiger charge is 2.30. The molecule has 0 saturated carbocycles. The van der Waals surface area contributed by atoms with Gasteiger partial charge in [0.15, 0.2) is 0 Å². The van der Waals surface area contributed by atoms with E-state index in [0.29, 0.717) is 13.0 Å². The van der Waals surface area contributed by atoms with Gasteiger partial charge < -0.3 is 15.7 Å². The first-order valence-corrected chi connectivity index (χ1v) is 6.86. The van der Waals surface area contributed by atoms with Gasteiger partial charge in [0.1, 0.15) is 6.04 Å². The van der Waals surface area contributed by atoms with Crippen LogP contribution in [0.1, 0.15) is 33.1 Å². The van der Waals surface area contributed by atoms with Crippen molar-refractivity contribution in [1.29, 1.82) is 0 Å². The lowest BCUT2D eigenvalue weighted by Crippen LogP contribution is -2.48. The summed E-state index contributed by atoms with van der Waals surface area (Å²) in [5.41, 5.74) is 0. The van der Waals surface area contributed by atoms with Gasteiger partial charge >= 0.3 is 12.0 Å². The lowest BCUT2D eigenvalue weighted by molar-refractivity contribution is -0.139. The van der Waals surface area contributed by atoms with E-state index < -0.39 is 18.0 Å². The predicted octanol–water partition coefficient (Wildman–Crippen LogP) is 1.43. The zero-order valence-corrected chi connectivity index (χ0v) is 11.1. The van der Waals surface area contributed by atoms with Crippen LogP contribution in [0, 0.1) is 0 Å². The van der Waals surface area contributed by atoms with Crippen LogP contribution >= 0.6 is 11.8 Å². The van der Waals surface area contributed by atoms with Gasteiger partial charge in [0, 0.05) is 11.3 Å². The maximum atomic E-state index is 11.5. The van der Waals surface area contributed by atoms with Crippen LogP contribution in [-0.4, -0.2) is 40.2 Å². The molecule has 0 aromatic carbocycles. The van der Waals surface area contributed by atoms with Gasteiger partial charge in [-0.15, -0.1) is 0 Å². The van der Waals surface area contributed by atoms with Crippen LogP contribution < -0.4 is 10.6 Å². The van der Waals surface area contributed by atoms with E-state index in [-0.39, 0.29) is 4.75 Å². The van der Waals surface area contributed by atoms with Crippen LogP contribution in [0.2, 0.25) is 0 Å². The number of aliphatic carboxylic acids is 1. The summed E-state index contributed by atoms with van der Waals surface area (Å²) in [5.74, 6) is 0.135. The second kappa shape index (κ2) is 6.14. The number of hydrogen-bond donors (Lipinski definition) is 3. The fourth-order valence-corrected chi connectivity index (χ4v) is 3.04. The molecule has 1 saturated heterocycles. The summed E-state index contributed by atoms with van der Waals surface area (Å²) in [6.07, 6.45) is 2.65. The van der Waals surface area contributed by atoms with Crippen LogP contribution in [0.5, 0.6) is 0 Å². The molecule has 1 aliphatic heterocycles. The molecule has 0 radical (unpaired) electrons. The van der Waals surface area contributed by atoms with Crippen molar-refractivity contribution >= 4 is 23.8 Å². The number of carboxylic acid groups (broad SMARTS) is 1. The van der Waals surface area contributed by atoms with Crippen molar-refractivity contribution in [3.63, 3.8) is 0 Å². The summed E-state index contributed by atoms with van der Waals surface area (Å²) in [6, 6.07) is -1.20. The van der Waals surface area contributed by atoms with Crippen molar-refractivity contribution < 1.29 is 14.7 Å². The molecule has 0 spiro atoms. The van der Waals surface area contributed by atoms with E-state index in [9.17, 15) is 9.59 Å². The molecule has 98 valence electrons. The summed E-state index contributed by atoms with van der Waals surface area (Å²) in [6.45, 7) is 4.44. The zero-order valence-electron chi connectivity index (χ0n) is 10.3. The monoisotopic (exact) mass is 260 g/mol. The molecule has 1 aliphatic rings. The highest BCUT2D eigenvalue weighted by atomic mass is 32.2. The van der Waals surface area contributed by atoms with Crippen molar-refractivity contribution in [3.05, 3.63) is 0 Å². The smallest absolute Gasteiger partial charge is 0.326 e. The zero-order chi connectivity index (χ0) is 12.9. The Labute approximate surface area is 106 Å². The Bertz CT molecular complexity index is 290. The van der Waals surface area contributed by atoms with Crippen LogP contribution in [0.4, 0.5) is 4.79 Å². The molecule has 0 aromatic rings. The third kappa shape index (κ3) is 4.46. The Morgan fingerprint density at radius 3 is 2.71 bits per heavy atom.